The molecule has 0 aliphatic rings. The third kappa shape index (κ3) is 3.23. The van der Waals surface area contributed by atoms with Crippen LogP contribution in [0.25, 0.3) is 10.8 Å². The first-order valence-corrected chi connectivity index (χ1v) is 7.23. The molecular formula is C18H15ClFN. The molecule has 3 rings (SSSR count). The van der Waals surface area contributed by atoms with Gasteiger partial charge in [-0.15, -0.1) is 0 Å². The van der Waals surface area contributed by atoms with Gasteiger partial charge in [-0.25, -0.2) is 4.39 Å². The van der Waals surface area contributed by atoms with E-state index in [1.807, 2.05) is 12.1 Å². The molecule has 21 heavy (non-hydrogen) atoms. The third-order valence-corrected chi connectivity index (χ3v) is 3.80. The van der Waals surface area contributed by atoms with Crippen molar-refractivity contribution in [1.82, 2.24) is 5.32 Å². The van der Waals surface area contributed by atoms with Gasteiger partial charge >= 0.3 is 0 Å². The van der Waals surface area contributed by atoms with E-state index in [0.29, 0.717) is 6.54 Å². The fourth-order valence-electron chi connectivity index (χ4n) is 2.44. The highest BCUT2D eigenvalue weighted by molar-refractivity contribution is 6.30. The third-order valence-electron chi connectivity index (χ3n) is 3.51. The molecule has 0 aliphatic carbocycles. The summed E-state index contributed by atoms with van der Waals surface area (Å²) in [6.07, 6.45) is 0. The summed E-state index contributed by atoms with van der Waals surface area (Å²) in [6, 6.07) is 19.4. The first-order chi connectivity index (χ1) is 10.2. The Hall–Kier alpha value is -1.90. The topological polar surface area (TPSA) is 12.0 Å². The molecule has 106 valence electrons. The number of halogens is 2. The summed E-state index contributed by atoms with van der Waals surface area (Å²) in [5.74, 6) is -0.380. The molecule has 0 heterocycles. The van der Waals surface area contributed by atoms with Crippen molar-refractivity contribution >= 4 is 22.4 Å². The highest BCUT2D eigenvalue weighted by atomic mass is 35.5. The second-order valence-electron chi connectivity index (χ2n) is 4.99. The molecule has 0 saturated carbocycles. The minimum Gasteiger partial charge on any atom is -0.309 e. The standard InChI is InChI=1S/C18H15ClFN/c19-17-10-13(8-9-18(17)20)11-21-12-15-6-3-5-14-4-1-2-7-16(14)15/h1-10,21H,11-12H2. The monoisotopic (exact) mass is 299 g/mol. The predicted octanol–water partition coefficient (Wildman–Crippen LogP) is 4.92. The molecule has 0 spiro atoms. The van der Waals surface area contributed by atoms with Crippen LogP contribution in [0.4, 0.5) is 4.39 Å². The average Bonchev–Trinajstić information content (AvgIpc) is 2.51. The van der Waals surface area contributed by atoms with E-state index in [4.69, 9.17) is 11.6 Å². The minimum atomic E-state index is -0.380. The first-order valence-electron chi connectivity index (χ1n) is 6.85. The van der Waals surface area contributed by atoms with Crippen LogP contribution in [0.3, 0.4) is 0 Å². The molecule has 0 aromatic heterocycles. The van der Waals surface area contributed by atoms with Gasteiger partial charge in [0.2, 0.25) is 0 Å². The molecule has 0 bridgehead atoms. The van der Waals surface area contributed by atoms with Crippen molar-refractivity contribution in [3.8, 4) is 0 Å². The van der Waals surface area contributed by atoms with Gasteiger partial charge in [0.1, 0.15) is 5.82 Å². The predicted molar refractivity (Wildman–Crippen MR) is 85.9 cm³/mol. The van der Waals surface area contributed by atoms with Crippen LogP contribution in [-0.2, 0) is 13.1 Å². The summed E-state index contributed by atoms with van der Waals surface area (Å²) in [4.78, 5) is 0. The zero-order valence-electron chi connectivity index (χ0n) is 11.4. The van der Waals surface area contributed by atoms with Gasteiger partial charge in [0.15, 0.2) is 0 Å². The maximum absolute atomic E-state index is 13.1. The first kappa shape index (κ1) is 14.1. The molecule has 0 aliphatic heterocycles. The van der Waals surface area contributed by atoms with Crippen molar-refractivity contribution in [1.29, 1.82) is 0 Å². The smallest absolute Gasteiger partial charge is 0.141 e. The van der Waals surface area contributed by atoms with Gasteiger partial charge in [-0.2, -0.15) is 0 Å². The Morgan fingerprint density at radius 2 is 1.71 bits per heavy atom. The zero-order chi connectivity index (χ0) is 14.7. The molecule has 1 N–H and O–H groups in total. The van der Waals surface area contributed by atoms with Crippen molar-refractivity contribution < 1.29 is 4.39 Å². The van der Waals surface area contributed by atoms with Gasteiger partial charge in [0.25, 0.3) is 0 Å². The Labute approximate surface area is 128 Å². The largest absolute Gasteiger partial charge is 0.309 e. The molecule has 0 saturated heterocycles. The summed E-state index contributed by atoms with van der Waals surface area (Å²) in [5.41, 5.74) is 2.22. The van der Waals surface area contributed by atoms with Crippen molar-refractivity contribution in [3.05, 3.63) is 82.6 Å². The van der Waals surface area contributed by atoms with E-state index in [1.54, 1.807) is 12.1 Å². The second kappa shape index (κ2) is 6.25. The van der Waals surface area contributed by atoms with Gasteiger partial charge in [0, 0.05) is 13.1 Å². The van der Waals surface area contributed by atoms with Crippen LogP contribution in [0.5, 0.6) is 0 Å². The van der Waals surface area contributed by atoms with Crippen molar-refractivity contribution in [2.45, 2.75) is 13.1 Å². The lowest BCUT2D eigenvalue weighted by atomic mass is 10.0. The van der Waals surface area contributed by atoms with E-state index >= 15 is 0 Å². The zero-order valence-corrected chi connectivity index (χ0v) is 12.2. The lowest BCUT2D eigenvalue weighted by Gasteiger charge is -2.09. The van der Waals surface area contributed by atoms with Crippen molar-refractivity contribution in [3.63, 3.8) is 0 Å². The van der Waals surface area contributed by atoms with Crippen LogP contribution in [-0.4, -0.2) is 0 Å². The van der Waals surface area contributed by atoms with E-state index in [-0.39, 0.29) is 10.8 Å². The highest BCUT2D eigenvalue weighted by Gasteiger charge is 2.02. The van der Waals surface area contributed by atoms with E-state index in [1.165, 1.54) is 22.4 Å². The van der Waals surface area contributed by atoms with Crippen LogP contribution in [0.15, 0.2) is 60.7 Å². The molecule has 1 nitrogen and oxygen atoms in total. The van der Waals surface area contributed by atoms with Crippen molar-refractivity contribution in [2.75, 3.05) is 0 Å². The lowest BCUT2D eigenvalue weighted by molar-refractivity contribution is 0.625. The number of benzene rings is 3. The SMILES string of the molecule is Fc1ccc(CNCc2cccc3ccccc23)cc1Cl. The molecule has 3 aromatic rings. The summed E-state index contributed by atoms with van der Waals surface area (Å²) in [7, 11) is 0. The molecule has 3 aromatic carbocycles. The van der Waals surface area contributed by atoms with Gasteiger partial charge in [0.05, 0.1) is 5.02 Å². The van der Waals surface area contributed by atoms with Crippen LogP contribution >= 0.6 is 11.6 Å². The number of rotatable bonds is 4. The van der Waals surface area contributed by atoms with E-state index in [0.717, 1.165) is 12.1 Å². The van der Waals surface area contributed by atoms with Crippen LogP contribution in [0, 0.1) is 5.82 Å². The molecular weight excluding hydrogens is 285 g/mol. The van der Waals surface area contributed by atoms with E-state index < -0.39 is 0 Å². The Morgan fingerprint density at radius 3 is 2.57 bits per heavy atom. The summed E-state index contributed by atoms with van der Waals surface area (Å²) in [5, 5.41) is 6.03. The molecule has 0 radical (unpaired) electrons. The Bertz CT molecular complexity index is 765. The fraction of sp³-hybridized carbons (Fsp3) is 0.111. The quantitative estimate of drug-likeness (QED) is 0.721. The fourth-order valence-corrected chi connectivity index (χ4v) is 2.64. The van der Waals surface area contributed by atoms with Crippen LogP contribution in [0.2, 0.25) is 5.02 Å². The number of fused-ring (bicyclic) bond motifs is 1. The maximum atomic E-state index is 13.1. The second-order valence-corrected chi connectivity index (χ2v) is 5.40. The normalized spacial score (nSPS) is 11.0. The Morgan fingerprint density at radius 1 is 0.905 bits per heavy atom. The van der Waals surface area contributed by atoms with E-state index in [9.17, 15) is 4.39 Å². The summed E-state index contributed by atoms with van der Waals surface area (Å²) < 4.78 is 13.1. The molecule has 0 atom stereocenters. The molecule has 0 amide bonds. The van der Waals surface area contributed by atoms with Gasteiger partial charge < -0.3 is 5.32 Å². The average molecular weight is 300 g/mol. The van der Waals surface area contributed by atoms with Crippen LogP contribution < -0.4 is 5.32 Å². The summed E-state index contributed by atoms with van der Waals surface area (Å²) in [6.45, 7) is 1.42. The van der Waals surface area contributed by atoms with E-state index in [2.05, 4.69) is 35.6 Å². The Balaban J connectivity index is 1.70. The Kier molecular flexibility index (Phi) is 4.18. The molecule has 0 unspecified atom stereocenters. The number of nitrogens with one attached hydrogen (secondary N) is 1. The number of hydrogen-bond donors (Lipinski definition) is 1. The molecule has 0 fully saturated rings. The van der Waals surface area contributed by atoms with Gasteiger partial charge in [-0.3, -0.25) is 0 Å². The van der Waals surface area contributed by atoms with Gasteiger partial charge in [-0.1, -0.05) is 60.1 Å². The number of hydrogen-bond acceptors (Lipinski definition) is 1. The minimum absolute atomic E-state index is 0.166. The van der Waals surface area contributed by atoms with Gasteiger partial charge in [-0.05, 0) is 34.0 Å². The molecule has 3 heteroatoms. The highest BCUT2D eigenvalue weighted by Crippen LogP contribution is 2.19. The maximum Gasteiger partial charge on any atom is 0.141 e. The lowest BCUT2D eigenvalue weighted by Crippen LogP contribution is -2.13. The summed E-state index contributed by atoms with van der Waals surface area (Å²) >= 11 is 5.79. The van der Waals surface area contributed by atoms with Crippen molar-refractivity contribution in [2.24, 2.45) is 0 Å². The van der Waals surface area contributed by atoms with Crippen LogP contribution in [0.1, 0.15) is 11.1 Å².